The number of amides is 1. The molecule has 0 spiro atoms. The summed E-state index contributed by atoms with van der Waals surface area (Å²) in [5, 5.41) is 1.63. The lowest BCUT2D eigenvalue weighted by Gasteiger charge is -2.17. The minimum absolute atomic E-state index is 0.00768. The van der Waals surface area contributed by atoms with Crippen LogP contribution >= 0.6 is 34.5 Å². The SMILES string of the molecule is Cc1c(C(C)(C)C)s/c(=N\C(=O)c2c(Cl)ccc3cc(Cl)cnc23)n1CC1CC1. The molecule has 0 aliphatic heterocycles. The smallest absolute Gasteiger partial charge is 0.283 e. The van der Waals surface area contributed by atoms with Gasteiger partial charge in [-0.05, 0) is 43.2 Å². The summed E-state index contributed by atoms with van der Waals surface area (Å²) in [6.07, 6.45) is 4.00. The second kappa shape index (κ2) is 7.53. The van der Waals surface area contributed by atoms with Crippen molar-refractivity contribution in [3.63, 3.8) is 0 Å². The summed E-state index contributed by atoms with van der Waals surface area (Å²) in [6.45, 7) is 9.59. The van der Waals surface area contributed by atoms with Crippen LogP contribution in [0.3, 0.4) is 0 Å². The molecule has 0 N–H and O–H groups in total. The number of carbonyl (C=O) groups is 1. The Morgan fingerprint density at radius 1 is 1.31 bits per heavy atom. The van der Waals surface area contributed by atoms with Crippen LogP contribution in [0.2, 0.25) is 10.0 Å². The van der Waals surface area contributed by atoms with Gasteiger partial charge in [0, 0.05) is 28.7 Å². The minimum Gasteiger partial charge on any atom is -0.320 e. The Morgan fingerprint density at radius 2 is 2.03 bits per heavy atom. The number of carbonyl (C=O) groups excluding carboxylic acids is 1. The highest BCUT2D eigenvalue weighted by atomic mass is 35.5. The van der Waals surface area contributed by atoms with Crippen molar-refractivity contribution in [3.8, 4) is 0 Å². The molecular formula is C22H23Cl2N3OS. The molecule has 0 radical (unpaired) electrons. The quantitative estimate of drug-likeness (QED) is 0.482. The largest absolute Gasteiger partial charge is 0.320 e. The molecule has 1 aliphatic carbocycles. The van der Waals surface area contributed by atoms with Gasteiger partial charge >= 0.3 is 0 Å². The Morgan fingerprint density at radius 3 is 2.69 bits per heavy atom. The van der Waals surface area contributed by atoms with E-state index in [1.165, 1.54) is 29.6 Å². The predicted octanol–water partition coefficient (Wildman–Crippen LogP) is 6.16. The number of thiazole rings is 1. The maximum absolute atomic E-state index is 13.2. The highest BCUT2D eigenvalue weighted by molar-refractivity contribution is 7.09. The number of nitrogens with zero attached hydrogens (tertiary/aromatic N) is 3. The van der Waals surface area contributed by atoms with Crippen LogP contribution in [0.15, 0.2) is 29.4 Å². The minimum atomic E-state index is -0.373. The van der Waals surface area contributed by atoms with Crippen LogP contribution in [0.5, 0.6) is 0 Å². The number of benzene rings is 1. The van der Waals surface area contributed by atoms with Crippen LogP contribution < -0.4 is 4.80 Å². The van der Waals surface area contributed by atoms with Gasteiger partial charge < -0.3 is 4.57 Å². The Balaban J connectivity index is 1.87. The first-order chi connectivity index (χ1) is 13.6. The van der Waals surface area contributed by atoms with E-state index in [0.717, 1.165) is 16.7 Å². The number of pyridine rings is 1. The highest BCUT2D eigenvalue weighted by Crippen LogP contribution is 2.34. The van der Waals surface area contributed by atoms with Gasteiger partial charge in [0.05, 0.1) is 21.1 Å². The van der Waals surface area contributed by atoms with Gasteiger partial charge in [0.2, 0.25) is 0 Å². The van der Waals surface area contributed by atoms with E-state index >= 15 is 0 Å². The fourth-order valence-electron chi connectivity index (χ4n) is 3.54. The lowest BCUT2D eigenvalue weighted by atomic mass is 9.93. The molecule has 2 heterocycles. The molecule has 0 bridgehead atoms. The molecule has 1 amide bonds. The highest BCUT2D eigenvalue weighted by Gasteiger charge is 2.27. The zero-order valence-corrected chi connectivity index (χ0v) is 19.3. The van der Waals surface area contributed by atoms with Crippen LogP contribution in [0.4, 0.5) is 0 Å². The number of fused-ring (bicyclic) bond motifs is 1. The van der Waals surface area contributed by atoms with Crippen molar-refractivity contribution in [2.75, 3.05) is 0 Å². The van der Waals surface area contributed by atoms with E-state index in [1.807, 2.05) is 6.07 Å². The lowest BCUT2D eigenvalue weighted by molar-refractivity contribution is 0.0999. The number of hydrogen-bond donors (Lipinski definition) is 0. The van der Waals surface area contributed by atoms with Gasteiger partial charge in [0.25, 0.3) is 5.91 Å². The average Bonchev–Trinajstić information content (AvgIpc) is 3.40. The summed E-state index contributed by atoms with van der Waals surface area (Å²) in [5.41, 5.74) is 2.03. The molecule has 1 fully saturated rings. The Bertz CT molecular complexity index is 1180. The first-order valence-corrected chi connectivity index (χ1v) is 11.3. The molecule has 29 heavy (non-hydrogen) atoms. The summed E-state index contributed by atoms with van der Waals surface area (Å²) >= 11 is 14.0. The maximum atomic E-state index is 13.2. The van der Waals surface area contributed by atoms with E-state index in [0.29, 0.717) is 27.0 Å². The average molecular weight is 448 g/mol. The Labute approximate surface area is 184 Å². The second-order valence-electron chi connectivity index (χ2n) is 8.67. The molecule has 4 rings (SSSR count). The molecule has 1 aromatic carbocycles. The van der Waals surface area contributed by atoms with Gasteiger partial charge in [0.15, 0.2) is 4.80 Å². The van der Waals surface area contributed by atoms with Crippen molar-refractivity contribution in [2.24, 2.45) is 10.9 Å². The van der Waals surface area contributed by atoms with Crippen molar-refractivity contribution in [3.05, 3.63) is 55.4 Å². The van der Waals surface area contributed by atoms with Crippen LogP contribution in [-0.4, -0.2) is 15.5 Å². The maximum Gasteiger partial charge on any atom is 0.283 e. The van der Waals surface area contributed by atoms with Crippen LogP contribution in [0, 0.1) is 12.8 Å². The Hall–Kier alpha value is -1.69. The van der Waals surface area contributed by atoms with Crippen molar-refractivity contribution in [2.45, 2.75) is 52.5 Å². The van der Waals surface area contributed by atoms with E-state index in [1.54, 1.807) is 23.5 Å². The van der Waals surface area contributed by atoms with Gasteiger partial charge in [-0.1, -0.05) is 50.0 Å². The predicted molar refractivity (Wildman–Crippen MR) is 120 cm³/mol. The molecule has 0 atom stereocenters. The Kier molecular flexibility index (Phi) is 5.34. The van der Waals surface area contributed by atoms with E-state index < -0.39 is 0 Å². The van der Waals surface area contributed by atoms with E-state index in [-0.39, 0.29) is 11.3 Å². The molecule has 1 aliphatic rings. The summed E-state index contributed by atoms with van der Waals surface area (Å²) < 4.78 is 2.20. The summed E-state index contributed by atoms with van der Waals surface area (Å²) in [5.74, 6) is 0.303. The van der Waals surface area contributed by atoms with E-state index in [9.17, 15) is 4.79 Å². The zero-order valence-electron chi connectivity index (χ0n) is 16.9. The third-order valence-corrected chi connectivity index (χ3v) is 7.28. The summed E-state index contributed by atoms with van der Waals surface area (Å²) in [6, 6.07) is 5.29. The third-order valence-electron chi connectivity index (χ3n) is 5.16. The molecule has 0 unspecified atom stereocenters. The van der Waals surface area contributed by atoms with Crippen LogP contribution in [0.1, 0.15) is 54.5 Å². The summed E-state index contributed by atoms with van der Waals surface area (Å²) in [7, 11) is 0. The first kappa shape index (κ1) is 20.6. The molecule has 152 valence electrons. The van der Waals surface area contributed by atoms with Gasteiger partial charge in [-0.2, -0.15) is 4.99 Å². The number of rotatable bonds is 3. The van der Waals surface area contributed by atoms with Crippen molar-refractivity contribution in [1.82, 2.24) is 9.55 Å². The number of hydrogen-bond acceptors (Lipinski definition) is 3. The topological polar surface area (TPSA) is 47.2 Å². The molecule has 1 saturated carbocycles. The van der Waals surface area contributed by atoms with Gasteiger partial charge in [-0.15, -0.1) is 11.3 Å². The molecule has 7 heteroatoms. The van der Waals surface area contributed by atoms with Crippen LogP contribution in [-0.2, 0) is 12.0 Å². The third kappa shape index (κ3) is 4.14. The molecule has 4 nitrogen and oxygen atoms in total. The first-order valence-electron chi connectivity index (χ1n) is 9.68. The molecule has 0 saturated heterocycles. The van der Waals surface area contributed by atoms with E-state index in [2.05, 4.69) is 42.2 Å². The molecule has 2 aromatic heterocycles. The lowest BCUT2D eigenvalue weighted by Crippen LogP contribution is -2.20. The monoisotopic (exact) mass is 447 g/mol. The van der Waals surface area contributed by atoms with Gasteiger partial charge in [0.1, 0.15) is 0 Å². The van der Waals surface area contributed by atoms with Crippen molar-refractivity contribution in [1.29, 1.82) is 0 Å². The van der Waals surface area contributed by atoms with E-state index in [4.69, 9.17) is 23.2 Å². The normalized spacial score (nSPS) is 15.3. The summed E-state index contributed by atoms with van der Waals surface area (Å²) in [4.78, 5) is 24.1. The fourth-order valence-corrected chi connectivity index (χ4v) is 5.13. The van der Waals surface area contributed by atoms with Gasteiger partial charge in [-0.25, -0.2) is 0 Å². The standard InChI is InChI=1S/C22H23Cl2N3OS/c1-12-19(22(2,3)4)29-21(27(12)11-13-5-6-13)26-20(28)17-16(24)8-7-14-9-15(23)10-25-18(14)17/h7-10,13H,5-6,11H2,1-4H3/b26-21-. The molecular weight excluding hydrogens is 425 g/mol. The van der Waals surface area contributed by atoms with Gasteiger partial charge in [-0.3, -0.25) is 9.78 Å². The van der Waals surface area contributed by atoms with Crippen molar-refractivity contribution < 1.29 is 4.79 Å². The zero-order chi connectivity index (χ0) is 20.9. The molecule has 3 aromatic rings. The second-order valence-corrected chi connectivity index (χ2v) is 10.5. The number of aromatic nitrogens is 2. The fraction of sp³-hybridized carbons (Fsp3) is 0.409. The number of halogens is 2. The van der Waals surface area contributed by atoms with Crippen LogP contribution in [0.25, 0.3) is 10.9 Å². The van der Waals surface area contributed by atoms with Crippen molar-refractivity contribution >= 4 is 51.3 Å².